The molecule has 4 unspecified atom stereocenters. The molecule has 1 saturated carbocycles. The second kappa shape index (κ2) is 18.8. The lowest BCUT2D eigenvalue weighted by Gasteiger charge is -2.39. The molecule has 0 spiro atoms. The first kappa shape index (κ1) is 33.6. The number of aliphatic hydroxyl groups is 5. The number of hydrogen-bond donors (Lipinski definition) is 5. The number of ketones is 1. The summed E-state index contributed by atoms with van der Waals surface area (Å²) in [5, 5.41) is 48.7. The minimum Gasteiger partial charge on any atom is -0.463 e. The van der Waals surface area contributed by atoms with Gasteiger partial charge < -0.3 is 39.7 Å². The van der Waals surface area contributed by atoms with Crippen LogP contribution in [0.5, 0.6) is 0 Å². The molecule has 2 fully saturated rings. The number of Topliss-reactive ketones (excluding diaryl/α,β-unsaturated/α-hetero) is 1. The summed E-state index contributed by atoms with van der Waals surface area (Å²) < 4.78 is 15.6. The Bertz CT molecular complexity index is 668. The number of allylic oxidation sites excluding steroid dienone is 1. The summed E-state index contributed by atoms with van der Waals surface area (Å²) in [7, 11) is 0. The predicted octanol–water partition coefficient (Wildman–Crippen LogP) is 1.64. The van der Waals surface area contributed by atoms with Crippen LogP contribution in [0.3, 0.4) is 0 Å². The van der Waals surface area contributed by atoms with E-state index < -0.39 is 43.4 Å². The van der Waals surface area contributed by atoms with Crippen molar-refractivity contribution >= 4 is 11.8 Å². The molecule has 2 aliphatic rings. The normalized spacial score (nSPS) is 31.8. The summed E-state index contributed by atoms with van der Waals surface area (Å²) in [6.45, 7) is 5.40. The van der Waals surface area contributed by atoms with E-state index >= 15 is 0 Å². The quantitative estimate of drug-likeness (QED) is 0.119. The number of hydrogen-bond acceptors (Lipinski definition) is 10. The SMILES string of the molecule is CC.CCCC=CC1C(O)CC(=O)C1CCCCCCC(=O)OCCOC1O[C@H](CO)[C@@H](O)[C@H](O)[C@H]1O. The molecule has 10 nitrogen and oxygen atoms in total. The van der Waals surface area contributed by atoms with Crippen LogP contribution < -0.4 is 0 Å². The van der Waals surface area contributed by atoms with E-state index in [0.29, 0.717) is 6.42 Å². The number of esters is 1. The molecule has 0 aromatic carbocycles. The average molecular weight is 533 g/mol. The molecular formula is C27H48O10. The first-order chi connectivity index (χ1) is 17.8. The summed E-state index contributed by atoms with van der Waals surface area (Å²) >= 11 is 0. The van der Waals surface area contributed by atoms with E-state index in [1.54, 1.807) is 0 Å². The molecule has 0 aromatic heterocycles. The molecule has 5 N–H and O–H groups in total. The van der Waals surface area contributed by atoms with Crippen molar-refractivity contribution in [3.05, 3.63) is 12.2 Å². The largest absolute Gasteiger partial charge is 0.463 e. The molecule has 2 rings (SSSR count). The van der Waals surface area contributed by atoms with Gasteiger partial charge >= 0.3 is 5.97 Å². The Hall–Kier alpha value is -1.40. The number of aliphatic hydroxyl groups excluding tert-OH is 5. The van der Waals surface area contributed by atoms with E-state index in [1.807, 2.05) is 19.9 Å². The zero-order valence-electron chi connectivity index (χ0n) is 22.5. The van der Waals surface area contributed by atoms with Crippen molar-refractivity contribution in [1.82, 2.24) is 0 Å². The molecule has 1 aliphatic carbocycles. The molecule has 0 radical (unpaired) electrons. The second-order valence-corrected chi connectivity index (χ2v) is 9.38. The van der Waals surface area contributed by atoms with Crippen LogP contribution in [0, 0.1) is 11.8 Å². The number of unbranched alkanes of at least 4 members (excludes halogenated alkanes) is 4. The maximum absolute atomic E-state index is 12.2. The highest BCUT2D eigenvalue weighted by molar-refractivity contribution is 5.84. The smallest absolute Gasteiger partial charge is 0.305 e. The van der Waals surface area contributed by atoms with Gasteiger partial charge in [0, 0.05) is 24.7 Å². The summed E-state index contributed by atoms with van der Waals surface area (Å²) in [5.74, 6) is -0.447. The number of ether oxygens (including phenoxy) is 3. The van der Waals surface area contributed by atoms with E-state index in [4.69, 9.17) is 19.3 Å². The first-order valence-corrected chi connectivity index (χ1v) is 13.7. The molecule has 10 heteroatoms. The molecule has 1 saturated heterocycles. The molecule has 0 amide bonds. The van der Waals surface area contributed by atoms with Crippen LogP contribution in [0.4, 0.5) is 0 Å². The minimum atomic E-state index is -1.52. The topological polar surface area (TPSA) is 163 Å². The molecule has 8 atom stereocenters. The molecule has 37 heavy (non-hydrogen) atoms. The van der Waals surface area contributed by atoms with Gasteiger partial charge in [-0.1, -0.05) is 58.6 Å². The van der Waals surface area contributed by atoms with E-state index in [0.717, 1.165) is 38.5 Å². The molecule has 216 valence electrons. The number of rotatable bonds is 15. The monoisotopic (exact) mass is 532 g/mol. The predicted molar refractivity (Wildman–Crippen MR) is 136 cm³/mol. The minimum absolute atomic E-state index is 0.0626. The summed E-state index contributed by atoms with van der Waals surface area (Å²) in [4.78, 5) is 24.1. The van der Waals surface area contributed by atoms with Gasteiger partial charge in [-0.3, -0.25) is 9.59 Å². The Labute approximate surface area is 220 Å². The lowest BCUT2D eigenvalue weighted by Crippen LogP contribution is -2.59. The third kappa shape index (κ3) is 11.1. The molecular weight excluding hydrogens is 484 g/mol. The van der Waals surface area contributed by atoms with E-state index in [1.165, 1.54) is 0 Å². The molecule has 0 aromatic rings. The van der Waals surface area contributed by atoms with Crippen molar-refractivity contribution in [2.24, 2.45) is 11.8 Å². The Kier molecular flexibility index (Phi) is 17.1. The third-order valence-corrected chi connectivity index (χ3v) is 6.67. The van der Waals surface area contributed by atoms with Crippen LogP contribution in [0.15, 0.2) is 12.2 Å². The van der Waals surface area contributed by atoms with Gasteiger partial charge in [-0.15, -0.1) is 0 Å². The van der Waals surface area contributed by atoms with Gasteiger partial charge in [0.1, 0.15) is 36.8 Å². The highest BCUT2D eigenvalue weighted by Crippen LogP contribution is 2.34. The Morgan fingerprint density at radius 1 is 1.03 bits per heavy atom. The molecule has 1 heterocycles. The summed E-state index contributed by atoms with van der Waals surface area (Å²) in [6, 6.07) is 0. The van der Waals surface area contributed by atoms with E-state index in [-0.39, 0.29) is 49.6 Å². The average Bonchev–Trinajstić information content (AvgIpc) is 3.16. The van der Waals surface area contributed by atoms with Crippen LogP contribution in [0.2, 0.25) is 0 Å². The van der Waals surface area contributed by atoms with Crippen molar-refractivity contribution in [3.8, 4) is 0 Å². The van der Waals surface area contributed by atoms with Crippen LogP contribution >= 0.6 is 0 Å². The zero-order chi connectivity index (χ0) is 27.8. The number of carbonyl (C=O) groups excluding carboxylic acids is 2. The standard InChI is InChI=1S/C25H42O10.C2H6/c1-2-3-6-9-16-17(19(28)14-18(16)27)10-7-4-5-8-11-21(29)33-12-13-34-25-24(32)23(31)22(30)20(15-26)35-25;1-2/h6,9,16-18,20,22-27,30-32H,2-5,7-8,10-15H2,1H3;1-2H3/t16?,17?,18?,20-,22-,23+,24-,25?;/m1./s1. The van der Waals surface area contributed by atoms with Crippen molar-refractivity contribution in [1.29, 1.82) is 0 Å². The third-order valence-electron chi connectivity index (χ3n) is 6.67. The molecule has 1 aliphatic heterocycles. The zero-order valence-corrected chi connectivity index (χ0v) is 22.5. The van der Waals surface area contributed by atoms with Gasteiger partial charge in [0.15, 0.2) is 6.29 Å². The van der Waals surface area contributed by atoms with Crippen molar-refractivity contribution in [2.75, 3.05) is 19.8 Å². The Morgan fingerprint density at radius 2 is 1.73 bits per heavy atom. The fourth-order valence-electron chi connectivity index (χ4n) is 4.60. The van der Waals surface area contributed by atoms with Gasteiger partial charge in [-0.05, 0) is 19.3 Å². The van der Waals surface area contributed by atoms with Gasteiger partial charge in [0.25, 0.3) is 0 Å². The second-order valence-electron chi connectivity index (χ2n) is 9.38. The first-order valence-electron chi connectivity index (χ1n) is 13.7. The number of carbonyl (C=O) groups is 2. The maximum atomic E-state index is 12.2. The van der Waals surface area contributed by atoms with Crippen LogP contribution in [-0.2, 0) is 23.8 Å². The summed E-state index contributed by atoms with van der Waals surface area (Å²) in [5.41, 5.74) is 0. The van der Waals surface area contributed by atoms with Gasteiger partial charge in [0.05, 0.1) is 19.3 Å². The van der Waals surface area contributed by atoms with Gasteiger partial charge in [-0.25, -0.2) is 0 Å². The molecule has 0 bridgehead atoms. The van der Waals surface area contributed by atoms with Crippen molar-refractivity contribution < 1.29 is 49.3 Å². The fourth-order valence-corrected chi connectivity index (χ4v) is 4.60. The maximum Gasteiger partial charge on any atom is 0.305 e. The van der Waals surface area contributed by atoms with Crippen LogP contribution in [0.25, 0.3) is 0 Å². The van der Waals surface area contributed by atoms with Crippen molar-refractivity contribution in [3.63, 3.8) is 0 Å². The van der Waals surface area contributed by atoms with E-state index in [2.05, 4.69) is 13.0 Å². The lowest BCUT2D eigenvalue weighted by atomic mass is 9.88. The van der Waals surface area contributed by atoms with Gasteiger partial charge in [0.2, 0.25) is 0 Å². The highest BCUT2D eigenvalue weighted by Gasteiger charge is 2.44. The van der Waals surface area contributed by atoms with Crippen LogP contribution in [-0.4, -0.2) is 93.9 Å². The Morgan fingerprint density at radius 3 is 2.41 bits per heavy atom. The Balaban J connectivity index is 0.00000334. The lowest BCUT2D eigenvalue weighted by molar-refractivity contribution is -0.302. The van der Waals surface area contributed by atoms with Crippen LogP contribution in [0.1, 0.15) is 78.6 Å². The van der Waals surface area contributed by atoms with Gasteiger partial charge in [-0.2, -0.15) is 0 Å². The van der Waals surface area contributed by atoms with Crippen molar-refractivity contribution in [2.45, 2.75) is 115 Å². The van der Waals surface area contributed by atoms with E-state index in [9.17, 15) is 30.0 Å². The summed E-state index contributed by atoms with van der Waals surface area (Å²) in [6.07, 6.45) is 3.15. The highest BCUT2D eigenvalue weighted by atomic mass is 16.7. The fraction of sp³-hybridized carbons (Fsp3) is 0.852.